The van der Waals surface area contributed by atoms with Crippen LogP contribution in [0, 0.1) is 17.8 Å². The quantitative estimate of drug-likeness (QED) is 0.575. The van der Waals surface area contributed by atoms with Gasteiger partial charge in [0.2, 0.25) is 5.96 Å². The molecule has 0 spiro atoms. The van der Waals surface area contributed by atoms with Crippen LogP contribution >= 0.6 is 23.4 Å². The van der Waals surface area contributed by atoms with Crippen molar-refractivity contribution in [1.29, 1.82) is 0 Å². The Kier molecular flexibility index (Phi) is 5.64. The average molecular weight is 390 g/mol. The number of nitrogens with two attached hydrogens (primary N) is 1. The van der Waals surface area contributed by atoms with Gasteiger partial charge >= 0.3 is 5.97 Å². The Morgan fingerprint density at radius 2 is 2.27 bits per heavy atom. The number of allylic oxidation sites excluding steroid dienone is 3. The van der Waals surface area contributed by atoms with Crippen molar-refractivity contribution in [3.8, 4) is 11.8 Å². The fraction of sp³-hybridized carbons (Fsp3) is 0.333. The number of halogens is 1. The molecule has 0 fully saturated rings. The third-order valence-corrected chi connectivity index (χ3v) is 5.11. The molecule has 1 aliphatic carbocycles. The first-order valence-corrected chi connectivity index (χ1v) is 9.27. The fourth-order valence-electron chi connectivity index (χ4n) is 2.54. The summed E-state index contributed by atoms with van der Waals surface area (Å²) >= 11 is 7.12. The molecule has 3 aliphatic rings. The maximum absolute atomic E-state index is 12.9. The van der Waals surface area contributed by atoms with Gasteiger partial charge in [-0.2, -0.15) is 0 Å². The van der Waals surface area contributed by atoms with Crippen molar-refractivity contribution < 1.29 is 14.3 Å². The van der Waals surface area contributed by atoms with Crippen LogP contribution in [0.3, 0.4) is 0 Å². The molecule has 2 unspecified atom stereocenters. The Balaban J connectivity index is 1.86. The predicted octanol–water partition coefficient (Wildman–Crippen LogP) is 2.31. The molecule has 0 aromatic carbocycles. The average Bonchev–Trinajstić information content (AvgIpc) is 2.93. The molecule has 26 heavy (non-hydrogen) atoms. The van der Waals surface area contributed by atoms with Crippen LogP contribution in [-0.4, -0.2) is 35.4 Å². The predicted molar refractivity (Wildman–Crippen MR) is 103 cm³/mol. The van der Waals surface area contributed by atoms with E-state index < -0.39 is 17.9 Å². The van der Waals surface area contributed by atoms with Crippen LogP contribution in [0.5, 0.6) is 0 Å². The highest BCUT2D eigenvalue weighted by Gasteiger charge is 2.40. The highest BCUT2D eigenvalue weighted by atomic mass is 35.5. The van der Waals surface area contributed by atoms with Crippen LogP contribution in [-0.2, 0) is 14.3 Å². The van der Waals surface area contributed by atoms with Crippen molar-refractivity contribution in [2.45, 2.75) is 25.8 Å². The van der Waals surface area contributed by atoms with E-state index in [-0.39, 0.29) is 11.7 Å². The van der Waals surface area contributed by atoms with Crippen molar-refractivity contribution in [1.82, 2.24) is 0 Å². The molecule has 3 rings (SSSR count). The van der Waals surface area contributed by atoms with Crippen molar-refractivity contribution in [3.05, 3.63) is 33.7 Å². The largest absolute Gasteiger partial charge is 0.462 e. The van der Waals surface area contributed by atoms with E-state index in [4.69, 9.17) is 22.1 Å². The molecule has 0 saturated heterocycles. The summed E-state index contributed by atoms with van der Waals surface area (Å²) in [5, 5.41) is 1.13. The van der Waals surface area contributed by atoms with E-state index in [1.54, 1.807) is 18.2 Å². The first-order valence-electron chi connectivity index (χ1n) is 8.07. The molecular weight excluding hydrogens is 374 g/mol. The number of rotatable bonds is 5. The Morgan fingerprint density at radius 1 is 1.46 bits per heavy atom. The number of hydrogen-bond donors (Lipinski definition) is 1. The van der Waals surface area contributed by atoms with Gasteiger partial charge in [0.1, 0.15) is 6.04 Å². The summed E-state index contributed by atoms with van der Waals surface area (Å²) < 4.78 is 5.16. The summed E-state index contributed by atoms with van der Waals surface area (Å²) in [5.41, 5.74) is 6.08. The number of esters is 1. The number of carbonyl (C=O) groups is 2. The van der Waals surface area contributed by atoms with Crippen molar-refractivity contribution >= 4 is 46.1 Å². The molecule has 0 radical (unpaired) electrons. The lowest BCUT2D eigenvalue weighted by Gasteiger charge is -2.21. The first-order chi connectivity index (χ1) is 12.5. The third-order valence-electron chi connectivity index (χ3n) is 3.75. The number of ketones is 1. The number of hydrogen-bond acceptors (Lipinski definition) is 7. The monoisotopic (exact) mass is 389 g/mol. The molecule has 0 saturated carbocycles. The minimum Gasteiger partial charge on any atom is -0.462 e. The zero-order valence-corrected chi connectivity index (χ0v) is 15.6. The number of Topliss-reactive ketones (excluding diaryl/α,β-unsaturated/α-hetero) is 1. The van der Waals surface area contributed by atoms with Gasteiger partial charge in [0, 0.05) is 11.5 Å². The van der Waals surface area contributed by atoms with Gasteiger partial charge in [0.15, 0.2) is 5.78 Å². The summed E-state index contributed by atoms with van der Waals surface area (Å²) in [5.74, 6) is 4.52. The molecule has 134 valence electrons. The van der Waals surface area contributed by atoms with Crippen LogP contribution in [0.4, 0.5) is 0 Å². The van der Waals surface area contributed by atoms with Crippen LogP contribution in [0.1, 0.15) is 19.8 Å². The minimum atomic E-state index is -0.808. The van der Waals surface area contributed by atoms with Crippen molar-refractivity contribution in [3.63, 3.8) is 0 Å². The van der Waals surface area contributed by atoms with Gasteiger partial charge in [-0.15, -0.1) is 0 Å². The van der Waals surface area contributed by atoms with E-state index in [9.17, 15) is 9.59 Å². The Bertz CT molecular complexity index is 874. The van der Waals surface area contributed by atoms with Gasteiger partial charge in [-0.05, 0) is 18.6 Å². The summed E-state index contributed by atoms with van der Waals surface area (Å²) in [4.78, 5) is 33.8. The molecule has 0 bridgehead atoms. The molecule has 0 aromatic rings. The van der Waals surface area contributed by atoms with E-state index in [1.807, 2.05) is 6.92 Å². The van der Waals surface area contributed by atoms with Crippen LogP contribution < -0.4 is 5.73 Å². The van der Waals surface area contributed by atoms with E-state index in [0.29, 0.717) is 33.6 Å². The number of nitrogens with zero attached hydrogens (tertiary/aromatic N) is 2. The zero-order valence-electron chi connectivity index (χ0n) is 14.0. The Hall–Kier alpha value is -2.30. The van der Waals surface area contributed by atoms with Gasteiger partial charge < -0.3 is 10.5 Å². The lowest BCUT2D eigenvalue weighted by molar-refractivity contribution is -0.138. The van der Waals surface area contributed by atoms with Crippen LogP contribution in [0.15, 0.2) is 43.7 Å². The summed E-state index contributed by atoms with van der Waals surface area (Å²) in [7, 11) is 0. The molecule has 2 atom stereocenters. The SMILES string of the molecule is CCCOC(=O)C1=CC2C(=NC(N)=NC2C(=O)C2=CC=C(Cl)CC#C2)S1. The zero-order chi connectivity index (χ0) is 18.7. The van der Waals surface area contributed by atoms with Gasteiger partial charge in [-0.1, -0.05) is 48.2 Å². The summed E-state index contributed by atoms with van der Waals surface area (Å²) in [6, 6.07) is -0.808. The van der Waals surface area contributed by atoms with Crippen LogP contribution in [0.25, 0.3) is 0 Å². The van der Waals surface area contributed by atoms with Gasteiger partial charge in [0.05, 0.1) is 28.0 Å². The molecule has 2 aliphatic heterocycles. The lowest BCUT2D eigenvalue weighted by Crippen LogP contribution is -2.36. The summed E-state index contributed by atoms with van der Waals surface area (Å²) in [6.45, 7) is 2.25. The van der Waals surface area contributed by atoms with E-state index >= 15 is 0 Å². The smallest absolute Gasteiger partial charge is 0.344 e. The van der Waals surface area contributed by atoms with Gasteiger partial charge in [0.25, 0.3) is 0 Å². The summed E-state index contributed by atoms with van der Waals surface area (Å²) in [6.07, 6.45) is 6.02. The topological polar surface area (TPSA) is 94.1 Å². The maximum Gasteiger partial charge on any atom is 0.344 e. The third kappa shape index (κ3) is 3.92. The molecular formula is C18H16ClN3O3S. The molecule has 0 aromatic heterocycles. The molecule has 2 N–H and O–H groups in total. The van der Waals surface area contributed by atoms with Crippen molar-refractivity contribution in [2.75, 3.05) is 6.61 Å². The maximum atomic E-state index is 12.9. The molecule has 2 heterocycles. The van der Waals surface area contributed by atoms with E-state index in [0.717, 1.165) is 18.2 Å². The number of aliphatic imine (C=N–C) groups is 2. The lowest BCUT2D eigenvalue weighted by atomic mass is 9.92. The van der Waals surface area contributed by atoms with Gasteiger partial charge in [-0.3, -0.25) is 4.79 Å². The van der Waals surface area contributed by atoms with Crippen LogP contribution in [0.2, 0.25) is 0 Å². The second-order valence-electron chi connectivity index (χ2n) is 5.71. The van der Waals surface area contributed by atoms with Crippen molar-refractivity contribution in [2.24, 2.45) is 21.6 Å². The van der Waals surface area contributed by atoms with Gasteiger partial charge in [-0.25, -0.2) is 14.8 Å². The number of ether oxygens (including phenoxy) is 1. The second-order valence-corrected chi connectivity index (χ2v) is 7.26. The second kappa shape index (κ2) is 7.94. The number of fused-ring (bicyclic) bond motifs is 1. The highest BCUT2D eigenvalue weighted by Crippen LogP contribution is 2.38. The fourth-order valence-corrected chi connectivity index (χ4v) is 3.72. The number of guanidine groups is 1. The minimum absolute atomic E-state index is 0.00873. The van der Waals surface area contributed by atoms with E-state index in [2.05, 4.69) is 21.8 Å². The standard InChI is InChI=1S/C18H16ClN3O3S/c1-2-8-25-17(24)13-9-12-14(21-18(20)22-16(12)26-13)15(23)10-4-3-5-11(19)7-6-10/h6-7,9,12,14H,2,5,8H2,1H3,(H2,20,21). The first kappa shape index (κ1) is 18.5. The highest BCUT2D eigenvalue weighted by molar-refractivity contribution is 8.18. The molecule has 6 nitrogen and oxygen atoms in total. The number of thioether (sulfide) groups is 1. The number of carbonyl (C=O) groups excluding carboxylic acids is 2. The molecule has 8 heteroatoms. The molecule has 0 amide bonds. The normalized spacial score (nSPS) is 23.8. The Morgan fingerprint density at radius 3 is 3.04 bits per heavy atom. The Labute approximate surface area is 160 Å². The van der Waals surface area contributed by atoms with E-state index in [1.165, 1.54) is 0 Å².